The summed E-state index contributed by atoms with van der Waals surface area (Å²) < 4.78 is 260. The number of amides is 1. The molecule has 0 atom stereocenters. The number of rotatable bonds is 14. The molecule has 3 rings (SSSR count). The fraction of sp³-hybridized carbons (Fsp3) is 0.500. The molecular weight excluding hydrogens is 946 g/mol. The highest BCUT2D eigenvalue weighted by atomic mass is 19.4. The zero-order chi connectivity index (χ0) is 51.5. The fourth-order valence-electron chi connectivity index (χ4n) is 6.21. The number of carbonyl (C=O) groups excluding carboxylic acids is 2. The summed E-state index contributed by atoms with van der Waals surface area (Å²) in [6.45, 7) is 7.98. The summed E-state index contributed by atoms with van der Waals surface area (Å²) in [5, 5.41) is 34.6. The summed E-state index contributed by atoms with van der Waals surface area (Å²) in [7, 11) is 0. The molecule has 0 saturated carbocycles. The van der Waals surface area contributed by atoms with Crippen LogP contribution in [0.1, 0.15) is 98.2 Å². The number of alkyl halides is 18. The van der Waals surface area contributed by atoms with Gasteiger partial charge in [-0.15, -0.1) is 0 Å². The van der Waals surface area contributed by atoms with E-state index in [2.05, 4.69) is 5.32 Å². The van der Waals surface area contributed by atoms with E-state index in [0.29, 0.717) is 24.3 Å². The van der Waals surface area contributed by atoms with Crippen LogP contribution in [0, 0.1) is 5.41 Å². The van der Waals surface area contributed by atoms with Gasteiger partial charge in [0, 0.05) is 50.1 Å². The van der Waals surface area contributed by atoms with Crippen LogP contribution in [0.4, 0.5) is 90.4 Å². The quantitative estimate of drug-likeness (QED) is 0.0804. The van der Waals surface area contributed by atoms with Crippen molar-refractivity contribution in [2.45, 2.75) is 120 Å². The van der Waals surface area contributed by atoms with Gasteiger partial charge in [-0.2, -0.15) is 79.0 Å². The SMILES string of the molecule is CCC(C)(C)Nc1ccc(Oc2ccc(NC(=O)c3cc(C(=O)C(C)(CC)CC)cc(C(O)(C(F)(F)F)C(F)(F)F)c3)c(C(O)(C(F)(F)F)C(F)(F)F)c2)cc1C(O)(C(F)(F)F)C(F)(F)F. The van der Waals surface area contributed by atoms with Crippen LogP contribution in [-0.4, -0.2) is 69.6 Å². The first-order chi connectivity index (χ1) is 29.4. The second kappa shape index (κ2) is 17.6. The van der Waals surface area contributed by atoms with Gasteiger partial charge in [-0.25, -0.2) is 0 Å². The van der Waals surface area contributed by atoms with Crippen molar-refractivity contribution >= 4 is 23.1 Å². The molecule has 370 valence electrons. The molecule has 66 heavy (non-hydrogen) atoms. The van der Waals surface area contributed by atoms with Crippen molar-refractivity contribution in [2.75, 3.05) is 10.6 Å². The highest BCUT2D eigenvalue weighted by Crippen LogP contribution is 2.56. The molecule has 0 aliphatic rings. The maximum atomic E-state index is 14.4. The van der Waals surface area contributed by atoms with Crippen LogP contribution in [0.25, 0.3) is 0 Å². The van der Waals surface area contributed by atoms with E-state index in [4.69, 9.17) is 4.74 Å². The van der Waals surface area contributed by atoms with Crippen molar-refractivity contribution in [1.82, 2.24) is 0 Å². The summed E-state index contributed by atoms with van der Waals surface area (Å²) in [5.41, 5.74) is -32.9. The van der Waals surface area contributed by atoms with Crippen molar-refractivity contribution in [3.05, 3.63) is 82.4 Å². The number of hydrogen-bond donors (Lipinski definition) is 5. The summed E-state index contributed by atoms with van der Waals surface area (Å²) >= 11 is 0. The van der Waals surface area contributed by atoms with E-state index < -0.39 is 127 Å². The Bertz CT molecular complexity index is 2230. The molecule has 5 N–H and O–H groups in total. The van der Waals surface area contributed by atoms with Gasteiger partial charge in [0.05, 0.1) is 0 Å². The molecule has 0 fully saturated rings. The molecule has 8 nitrogen and oxygen atoms in total. The summed E-state index contributed by atoms with van der Waals surface area (Å²) in [6, 6.07) is 0.731. The first-order valence-electron chi connectivity index (χ1n) is 18.8. The van der Waals surface area contributed by atoms with E-state index in [1.165, 1.54) is 46.9 Å². The fourth-order valence-corrected chi connectivity index (χ4v) is 6.21. The molecule has 0 aromatic heterocycles. The summed E-state index contributed by atoms with van der Waals surface area (Å²) in [6.07, 6.45) is -40.5. The van der Waals surface area contributed by atoms with Gasteiger partial charge in [-0.05, 0) is 87.7 Å². The van der Waals surface area contributed by atoms with E-state index >= 15 is 0 Å². The topological polar surface area (TPSA) is 128 Å². The van der Waals surface area contributed by atoms with Crippen molar-refractivity contribution in [2.24, 2.45) is 5.41 Å². The van der Waals surface area contributed by atoms with E-state index in [1.807, 2.05) is 0 Å². The monoisotopic (exact) mass is 984 g/mol. The third-order valence-electron chi connectivity index (χ3n) is 11.0. The van der Waals surface area contributed by atoms with Gasteiger partial charge in [0.2, 0.25) is 0 Å². The molecule has 0 saturated heterocycles. The van der Waals surface area contributed by atoms with E-state index in [1.54, 1.807) is 0 Å². The Labute approximate surface area is 361 Å². The number of nitrogens with one attached hydrogen (secondary N) is 2. The molecule has 0 spiro atoms. The maximum absolute atomic E-state index is 14.4. The van der Waals surface area contributed by atoms with E-state index in [9.17, 15) is 104 Å². The Morgan fingerprint density at radius 2 is 0.864 bits per heavy atom. The number of Topliss-reactive ketones (excluding diaryl/α,β-unsaturated/α-hetero) is 1. The lowest BCUT2D eigenvalue weighted by atomic mass is 9.76. The van der Waals surface area contributed by atoms with Crippen LogP contribution >= 0.6 is 0 Å². The Morgan fingerprint density at radius 3 is 1.23 bits per heavy atom. The van der Waals surface area contributed by atoms with Gasteiger partial charge in [-0.1, -0.05) is 27.7 Å². The van der Waals surface area contributed by atoms with E-state index in [-0.39, 0.29) is 49.6 Å². The van der Waals surface area contributed by atoms with Crippen molar-refractivity contribution in [3.63, 3.8) is 0 Å². The zero-order valence-electron chi connectivity index (χ0n) is 34.7. The standard InChI is InChI=1S/C40H38F18N2O6/c1-7-30(4,5)60-27-13-11-23(18-25(27)34(65,39(53,54)55)40(56,57)58)66-22-10-12-26(24(17-22)33(64,37(47,48)49)38(50,51)52)59-29(62)20-14-19(28(61)31(6,8-2)9-3)15-21(16-20)32(63,35(41,42)43)36(44,45)46/h10-18,60,63-65H,7-9H2,1-6H3,(H,59,62). The van der Waals surface area contributed by atoms with Gasteiger partial charge < -0.3 is 30.7 Å². The van der Waals surface area contributed by atoms with Gasteiger partial charge in [0.1, 0.15) is 11.5 Å². The Morgan fingerprint density at radius 1 is 0.500 bits per heavy atom. The molecule has 0 radical (unpaired) electrons. The lowest BCUT2D eigenvalue weighted by Crippen LogP contribution is -2.54. The molecule has 0 aliphatic heterocycles. The lowest BCUT2D eigenvalue weighted by Gasteiger charge is -2.36. The van der Waals surface area contributed by atoms with Gasteiger partial charge in [-0.3, -0.25) is 9.59 Å². The van der Waals surface area contributed by atoms with Crippen LogP contribution in [0.15, 0.2) is 54.6 Å². The minimum absolute atomic E-state index is 0.0271. The first kappa shape index (κ1) is 55.3. The van der Waals surface area contributed by atoms with Crippen LogP contribution in [0.3, 0.4) is 0 Å². The predicted octanol–water partition coefficient (Wildman–Crippen LogP) is 12.3. The largest absolute Gasteiger partial charge is 0.457 e. The number of ether oxygens (including phenoxy) is 1. The molecule has 3 aromatic rings. The number of anilines is 2. The number of carbonyl (C=O) groups is 2. The van der Waals surface area contributed by atoms with Gasteiger partial charge >= 0.3 is 37.1 Å². The van der Waals surface area contributed by atoms with Crippen LogP contribution in [0.2, 0.25) is 0 Å². The van der Waals surface area contributed by atoms with E-state index in [0.717, 1.165) is 0 Å². The minimum atomic E-state index is -6.87. The van der Waals surface area contributed by atoms with Gasteiger partial charge in [0.25, 0.3) is 22.7 Å². The third-order valence-corrected chi connectivity index (χ3v) is 11.0. The van der Waals surface area contributed by atoms with Crippen LogP contribution in [0.5, 0.6) is 11.5 Å². The number of benzene rings is 3. The van der Waals surface area contributed by atoms with Crippen molar-refractivity contribution in [3.8, 4) is 11.5 Å². The Hall–Kier alpha value is -4.98. The van der Waals surface area contributed by atoms with Crippen LogP contribution in [-0.2, 0) is 16.8 Å². The normalized spacial score (nSPS) is 14.3. The molecule has 0 unspecified atom stereocenters. The maximum Gasteiger partial charge on any atom is 0.430 e. The zero-order valence-corrected chi connectivity index (χ0v) is 34.7. The Balaban J connectivity index is 2.42. The molecule has 0 bridgehead atoms. The number of hydrogen-bond acceptors (Lipinski definition) is 7. The molecule has 1 amide bonds. The Kier molecular flexibility index (Phi) is 14.8. The van der Waals surface area contributed by atoms with Crippen molar-refractivity contribution in [1.29, 1.82) is 0 Å². The second-order valence-electron chi connectivity index (χ2n) is 15.8. The number of halogens is 18. The highest BCUT2D eigenvalue weighted by Gasteiger charge is 2.74. The second-order valence-corrected chi connectivity index (χ2v) is 15.8. The average Bonchev–Trinajstić information content (AvgIpc) is 3.17. The number of aliphatic hydroxyl groups is 3. The van der Waals surface area contributed by atoms with Crippen LogP contribution < -0.4 is 15.4 Å². The van der Waals surface area contributed by atoms with Gasteiger partial charge in [0.15, 0.2) is 5.78 Å². The molecule has 0 aliphatic carbocycles. The summed E-state index contributed by atoms with van der Waals surface area (Å²) in [4.78, 5) is 27.1. The number of ketones is 1. The predicted molar refractivity (Wildman–Crippen MR) is 196 cm³/mol. The summed E-state index contributed by atoms with van der Waals surface area (Å²) in [5.74, 6) is -6.04. The molecular formula is C40H38F18N2O6. The highest BCUT2D eigenvalue weighted by molar-refractivity contribution is 6.08. The smallest absolute Gasteiger partial charge is 0.430 e. The van der Waals surface area contributed by atoms with Crippen molar-refractivity contribution < 1.29 is 109 Å². The minimum Gasteiger partial charge on any atom is -0.457 e. The lowest BCUT2D eigenvalue weighted by molar-refractivity contribution is -0.376. The molecule has 3 aromatic carbocycles. The molecule has 0 heterocycles. The first-order valence-corrected chi connectivity index (χ1v) is 18.8. The average molecular weight is 985 g/mol. The third kappa shape index (κ3) is 9.99. The molecule has 26 heteroatoms.